The normalized spacial score (nSPS) is 20.2. The van der Waals surface area contributed by atoms with E-state index in [1.807, 2.05) is 0 Å². The summed E-state index contributed by atoms with van der Waals surface area (Å²) >= 11 is 0. The van der Waals surface area contributed by atoms with E-state index in [9.17, 15) is 0 Å². The van der Waals surface area contributed by atoms with Gasteiger partial charge in [0.25, 0.3) is 0 Å². The van der Waals surface area contributed by atoms with Crippen LogP contribution in [0, 0.1) is 12.8 Å². The summed E-state index contributed by atoms with van der Waals surface area (Å²) in [4.78, 5) is 11.8. The molecule has 1 aromatic heterocycles. The van der Waals surface area contributed by atoms with E-state index in [2.05, 4.69) is 57.8 Å². The number of hydrogen-bond donors (Lipinski definition) is 2. The van der Waals surface area contributed by atoms with Crippen LogP contribution in [0.1, 0.15) is 29.7 Å². The van der Waals surface area contributed by atoms with Gasteiger partial charge in [0.1, 0.15) is 5.82 Å². The van der Waals surface area contributed by atoms with Gasteiger partial charge >= 0.3 is 0 Å². The second-order valence-corrected chi connectivity index (χ2v) is 7.23. The molecule has 1 atom stereocenters. The van der Waals surface area contributed by atoms with Gasteiger partial charge in [-0.1, -0.05) is 24.3 Å². The Morgan fingerprint density at radius 3 is 2.96 bits per heavy atom. The van der Waals surface area contributed by atoms with E-state index in [1.54, 1.807) is 0 Å². The van der Waals surface area contributed by atoms with E-state index in [0.29, 0.717) is 5.92 Å². The van der Waals surface area contributed by atoms with Crippen molar-refractivity contribution in [2.75, 3.05) is 36.4 Å². The monoisotopic (exact) mass is 337 g/mol. The second kappa shape index (κ2) is 7.40. The van der Waals surface area contributed by atoms with Crippen LogP contribution in [0.4, 0.5) is 11.8 Å². The minimum Gasteiger partial charge on any atom is -0.370 e. The number of hydrogen-bond acceptors (Lipinski definition) is 5. The van der Waals surface area contributed by atoms with Gasteiger partial charge in [-0.05, 0) is 56.3 Å². The van der Waals surface area contributed by atoms with Crippen molar-refractivity contribution >= 4 is 11.8 Å². The van der Waals surface area contributed by atoms with E-state index in [1.165, 1.54) is 24.0 Å². The summed E-state index contributed by atoms with van der Waals surface area (Å²) in [5, 5.41) is 7.01. The minimum absolute atomic E-state index is 0.689. The molecular weight excluding hydrogens is 310 g/mol. The summed E-state index contributed by atoms with van der Waals surface area (Å²) in [7, 11) is 0. The maximum absolute atomic E-state index is 4.80. The second-order valence-electron chi connectivity index (χ2n) is 7.23. The highest BCUT2D eigenvalue weighted by atomic mass is 15.3. The number of rotatable bonds is 4. The third-order valence-electron chi connectivity index (χ3n) is 5.23. The van der Waals surface area contributed by atoms with E-state index in [0.717, 1.165) is 56.6 Å². The molecule has 1 fully saturated rings. The molecule has 5 heteroatoms. The van der Waals surface area contributed by atoms with Gasteiger partial charge in [-0.3, -0.25) is 0 Å². The zero-order chi connectivity index (χ0) is 17.1. The molecule has 5 nitrogen and oxygen atoms in total. The number of piperidine rings is 1. The molecular formula is C20H27N5. The Bertz CT molecular complexity index is 724. The van der Waals surface area contributed by atoms with Crippen molar-refractivity contribution in [3.05, 3.63) is 47.2 Å². The summed E-state index contributed by atoms with van der Waals surface area (Å²) in [5.74, 6) is 2.49. The highest BCUT2D eigenvalue weighted by Gasteiger charge is 2.19. The lowest BCUT2D eigenvalue weighted by molar-refractivity contribution is 0.392. The topological polar surface area (TPSA) is 53.1 Å². The van der Waals surface area contributed by atoms with Gasteiger partial charge in [0.15, 0.2) is 0 Å². The first-order valence-corrected chi connectivity index (χ1v) is 9.40. The first-order valence-electron chi connectivity index (χ1n) is 9.40. The Hall–Kier alpha value is -2.14. The van der Waals surface area contributed by atoms with Gasteiger partial charge in [-0.15, -0.1) is 0 Å². The third-order valence-corrected chi connectivity index (χ3v) is 5.23. The first kappa shape index (κ1) is 16.3. The Kier molecular flexibility index (Phi) is 4.83. The van der Waals surface area contributed by atoms with Crippen LogP contribution in [0.3, 0.4) is 0 Å². The summed E-state index contributed by atoms with van der Waals surface area (Å²) in [6.45, 7) is 7.16. The van der Waals surface area contributed by atoms with Gasteiger partial charge in [-0.25, -0.2) is 4.98 Å². The molecule has 0 spiro atoms. The average Bonchev–Trinajstić information content (AvgIpc) is 2.66. The largest absolute Gasteiger partial charge is 0.370 e. The van der Waals surface area contributed by atoms with Crippen LogP contribution in [0.5, 0.6) is 0 Å². The molecule has 2 aromatic rings. The van der Waals surface area contributed by atoms with E-state index < -0.39 is 0 Å². The molecule has 2 aliphatic heterocycles. The Morgan fingerprint density at radius 2 is 2.12 bits per heavy atom. The zero-order valence-corrected chi connectivity index (χ0v) is 15.0. The molecule has 0 radical (unpaired) electrons. The van der Waals surface area contributed by atoms with Gasteiger partial charge in [0.05, 0.1) is 0 Å². The van der Waals surface area contributed by atoms with Gasteiger partial charge in [-0.2, -0.15) is 4.98 Å². The fraction of sp³-hybridized carbons (Fsp3) is 0.500. The van der Waals surface area contributed by atoms with Crippen LogP contribution in [0.25, 0.3) is 0 Å². The van der Waals surface area contributed by atoms with Crippen LogP contribution < -0.4 is 15.5 Å². The Balaban J connectivity index is 1.46. The van der Waals surface area contributed by atoms with Crippen LogP contribution >= 0.6 is 0 Å². The van der Waals surface area contributed by atoms with Gasteiger partial charge in [0.2, 0.25) is 5.95 Å². The number of aromatic nitrogens is 2. The molecule has 1 aromatic carbocycles. The molecule has 2 N–H and O–H groups in total. The molecule has 3 heterocycles. The number of fused-ring (bicyclic) bond motifs is 1. The average molecular weight is 337 g/mol. The van der Waals surface area contributed by atoms with Crippen molar-refractivity contribution in [2.24, 2.45) is 5.92 Å². The number of benzene rings is 1. The minimum atomic E-state index is 0.689. The van der Waals surface area contributed by atoms with Crippen LogP contribution in [0.15, 0.2) is 30.3 Å². The van der Waals surface area contributed by atoms with Gasteiger partial charge < -0.3 is 15.5 Å². The Labute approximate surface area is 149 Å². The number of nitrogens with one attached hydrogen (secondary N) is 2. The van der Waals surface area contributed by atoms with Crippen molar-refractivity contribution in [3.8, 4) is 0 Å². The summed E-state index contributed by atoms with van der Waals surface area (Å²) in [6.07, 6.45) is 3.62. The maximum Gasteiger partial charge on any atom is 0.227 e. The highest BCUT2D eigenvalue weighted by molar-refractivity contribution is 5.46. The quantitative estimate of drug-likeness (QED) is 0.898. The standard InChI is InChI=1S/C20H27N5/c1-15-11-19(22-13-16-5-4-9-21-12-16)24-20(23-15)25-10-8-17-6-2-3-7-18(17)14-25/h2-3,6-7,11,16,21H,4-5,8-10,12-14H2,1H3,(H,22,23,24). The van der Waals surface area contributed by atoms with Crippen molar-refractivity contribution in [1.82, 2.24) is 15.3 Å². The van der Waals surface area contributed by atoms with Crippen LogP contribution in [0.2, 0.25) is 0 Å². The molecule has 0 aliphatic carbocycles. The van der Waals surface area contributed by atoms with Gasteiger partial charge in [0, 0.05) is 31.4 Å². The molecule has 132 valence electrons. The molecule has 1 unspecified atom stereocenters. The predicted molar refractivity (Wildman–Crippen MR) is 102 cm³/mol. The maximum atomic E-state index is 4.80. The first-order chi connectivity index (χ1) is 12.3. The molecule has 0 amide bonds. The molecule has 25 heavy (non-hydrogen) atoms. The fourth-order valence-corrected chi connectivity index (χ4v) is 3.80. The summed E-state index contributed by atoms with van der Waals surface area (Å²) in [5.41, 5.74) is 3.87. The molecule has 1 saturated heterocycles. The summed E-state index contributed by atoms with van der Waals surface area (Å²) in [6, 6.07) is 10.7. The van der Waals surface area contributed by atoms with E-state index in [4.69, 9.17) is 4.98 Å². The van der Waals surface area contributed by atoms with Crippen molar-refractivity contribution in [2.45, 2.75) is 32.7 Å². The van der Waals surface area contributed by atoms with Crippen LogP contribution in [-0.4, -0.2) is 36.1 Å². The lowest BCUT2D eigenvalue weighted by atomic mass is 10.00. The fourth-order valence-electron chi connectivity index (χ4n) is 3.80. The predicted octanol–water partition coefficient (Wildman–Crippen LogP) is 2.76. The van der Waals surface area contributed by atoms with E-state index >= 15 is 0 Å². The van der Waals surface area contributed by atoms with Crippen LogP contribution in [-0.2, 0) is 13.0 Å². The summed E-state index contributed by atoms with van der Waals surface area (Å²) < 4.78 is 0. The Morgan fingerprint density at radius 1 is 1.24 bits per heavy atom. The molecule has 0 saturated carbocycles. The smallest absolute Gasteiger partial charge is 0.227 e. The zero-order valence-electron chi connectivity index (χ0n) is 15.0. The van der Waals surface area contributed by atoms with Crippen molar-refractivity contribution < 1.29 is 0 Å². The third kappa shape index (κ3) is 3.93. The number of aryl methyl sites for hydroxylation is 1. The molecule has 0 bridgehead atoms. The molecule has 4 rings (SSSR count). The lowest BCUT2D eigenvalue weighted by Crippen LogP contribution is -2.34. The van der Waals surface area contributed by atoms with Crippen molar-refractivity contribution in [1.29, 1.82) is 0 Å². The van der Waals surface area contributed by atoms with Crippen molar-refractivity contribution in [3.63, 3.8) is 0 Å². The molecule has 2 aliphatic rings. The lowest BCUT2D eigenvalue weighted by Gasteiger charge is -2.29. The van der Waals surface area contributed by atoms with E-state index in [-0.39, 0.29) is 0 Å². The number of anilines is 2. The highest BCUT2D eigenvalue weighted by Crippen LogP contribution is 2.23. The number of nitrogens with zero attached hydrogens (tertiary/aromatic N) is 3. The SMILES string of the molecule is Cc1cc(NCC2CCCNC2)nc(N2CCc3ccccc3C2)n1.